The second-order valence-corrected chi connectivity index (χ2v) is 8.27. The van der Waals surface area contributed by atoms with E-state index in [1.54, 1.807) is 30.3 Å². The number of carbonyl (C=O) groups is 2. The van der Waals surface area contributed by atoms with Crippen LogP contribution in [0.5, 0.6) is 0 Å². The molecule has 0 aliphatic carbocycles. The molecule has 6 nitrogen and oxygen atoms in total. The highest BCUT2D eigenvalue weighted by atomic mass is 32.2. The molecule has 0 saturated heterocycles. The van der Waals surface area contributed by atoms with Crippen molar-refractivity contribution in [1.29, 1.82) is 0 Å². The van der Waals surface area contributed by atoms with Gasteiger partial charge < -0.3 is 10.6 Å². The van der Waals surface area contributed by atoms with Gasteiger partial charge in [-0.2, -0.15) is 0 Å². The molecule has 0 fully saturated rings. The molecule has 1 unspecified atom stereocenters. The first kappa shape index (κ1) is 19.7. The first-order valence-corrected chi connectivity index (χ1v) is 10.3. The zero-order chi connectivity index (χ0) is 19.0. The normalized spacial score (nSPS) is 12.2. The molecule has 0 heterocycles. The topological polar surface area (TPSA) is 92.3 Å². The minimum atomic E-state index is -3.25. The molecule has 0 radical (unpaired) electrons. The first-order valence-electron chi connectivity index (χ1n) is 8.20. The lowest BCUT2D eigenvalue weighted by Gasteiger charge is -2.18. The van der Waals surface area contributed by atoms with Crippen molar-refractivity contribution in [3.8, 4) is 0 Å². The fourth-order valence-electron chi connectivity index (χ4n) is 2.34. The number of amides is 2. The molecule has 0 saturated carbocycles. The van der Waals surface area contributed by atoms with Crippen LogP contribution in [0, 0.1) is 0 Å². The van der Waals surface area contributed by atoms with Crippen LogP contribution in [0.3, 0.4) is 0 Å². The SMILES string of the molecule is CS(=O)(=O)CCC(NC(=O)c1ccccc1)C(=O)NCc1ccccc1. The van der Waals surface area contributed by atoms with Crippen LogP contribution in [0.25, 0.3) is 0 Å². The second-order valence-electron chi connectivity index (χ2n) is 6.01. The van der Waals surface area contributed by atoms with Gasteiger partial charge in [0.05, 0.1) is 5.75 Å². The van der Waals surface area contributed by atoms with Crippen molar-refractivity contribution in [2.75, 3.05) is 12.0 Å². The van der Waals surface area contributed by atoms with E-state index >= 15 is 0 Å². The summed E-state index contributed by atoms with van der Waals surface area (Å²) in [7, 11) is -3.25. The zero-order valence-electron chi connectivity index (χ0n) is 14.5. The molecule has 0 aliphatic rings. The Bertz CT molecular complexity index is 836. The minimum absolute atomic E-state index is 0.0119. The van der Waals surface area contributed by atoms with Crippen LogP contribution in [0.4, 0.5) is 0 Å². The third-order valence-corrected chi connectivity index (χ3v) is 4.72. The van der Waals surface area contributed by atoms with Gasteiger partial charge in [-0.25, -0.2) is 8.42 Å². The summed E-state index contributed by atoms with van der Waals surface area (Å²) in [4.78, 5) is 24.8. The Hall–Kier alpha value is -2.67. The summed E-state index contributed by atoms with van der Waals surface area (Å²) in [5.41, 5.74) is 1.32. The maximum absolute atomic E-state index is 12.5. The molecule has 0 aliphatic heterocycles. The smallest absolute Gasteiger partial charge is 0.251 e. The minimum Gasteiger partial charge on any atom is -0.350 e. The van der Waals surface area contributed by atoms with Crippen LogP contribution < -0.4 is 10.6 Å². The van der Waals surface area contributed by atoms with E-state index in [1.165, 1.54) is 0 Å². The van der Waals surface area contributed by atoms with E-state index in [1.807, 2.05) is 30.3 Å². The molecule has 7 heteroatoms. The predicted molar refractivity (Wildman–Crippen MR) is 100 cm³/mol. The van der Waals surface area contributed by atoms with Crippen LogP contribution in [0.2, 0.25) is 0 Å². The third-order valence-electron chi connectivity index (χ3n) is 3.74. The lowest BCUT2D eigenvalue weighted by molar-refractivity contribution is -0.123. The zero-order valence-corrected chi connectivity index (χ0v) is 15.3. The standard InChI is InChI=1S/C19H22N2O4S/c1-26(24,25)13-12-17(21-18(22)16-10-6-3-7-11-16)19(23)20-14-15-8-4-2-5-9-15/h2-11,17H,12-14H2,1H3,(H,20,23)(H,21,22). The molecular weight excluding hydrogens is 352 g/mol. The van der Waals surface area contributed by atoms with Crippen molar-refractivity contribution >= 4 is 21.7 Å². The van der Waals surface area contributed by atoms with Gasteiger partial charge in [-0.15, -0.1) is 0 Å². The van der Waals surface area contributed by atoms with Crippen molar-refractivity contribution in [3.05, 3.63) is 71.8 Å². The van der Waals surface area contributed by atoms with Gasteiger partial charge in [0.25, 0.3) is 5.91 Å². The van der Waals surface area contributed by atoms with Crippen molar-refractivity contribution in [2.24, 2.45) is 0 Å². The molecule has 0 spiro atoms. The predicted octanol–water partition coefficient (Wildman–Crippen LogP) is 1.54. The summed E-state index contributed by atoms with van der Waals surface area (Å²) in [5.74, 6) is -1.02. The van der Waals surface area contributed by atoms with E-state index in [0.717, 1.165) is 11.8 Å². The molecule has 138 valence electrons. The van der Waals surface area contributed by atoms with Crippen LogP contribution in [0.1, 0.15) is 22.3 Å². The molecule has 2 N–H and O–H groups in total. The Morgan fingerprint density at radius 1 is 0.962 bits per heavy atom. The van der Waals surface area contributed by atoms with Gasteiger partial charge in [-0.05, 0) is 24.1 Å². The number of nitrogens with one attached hydrogen (secondary N) is 2. The second kappa shape index (κ2) is 9.15. The van der Waals surface area contributed by atoms with Gasteiger partial charge in [0, 0.05) is 18.4 Å². The first-order chi connectivity index (χ1) is 12.3. The Kier molecular flexibility index (Phi) is 6.91. The summed E-state index contributed by atoms with van der Waals surface area (Å²) in [5, 5.41) is 5.37. The van der Waals surface area contributed by atoms with E-state index in [-0.39, 0.29) is 12.2 Å². The number of benzene rings is 2. The monoisotopic (exact) mass is 374 g/mol. The lowest BCUT2D eigenvalue weighted by atomic mass is 10.1. The molecule has 26 heavy (non-hydrogen) atoms. The van der Waals surface area contributed by atoms with Crippen LogP contribution >= 0.6 is 0 Å². The van der Waals surface area contributed by atoms with Crippen molar-refractivity contribution in [1.82, 2.24) is 10.6 Å². The highest BCUT2D eigenvalue weighted by Crippen LogP contribution is 2.04. The maximum Gasteiger partial charge on any atom is 0.251 e. The Labute approximate surface area is 153 Å². The molecule has 2 rings (SSSR count). The molecular formula is C19H22N2O4S. The average molecular weight is 374 g/mol. The maximum atomic E-state index is 12.5. The fourth-order valence-corrected chi connectivity index (χ4v) is 3.00. The van der Waals surface area contributed by atoms with Crippen molar-refractivity contribution in [2.45, 2.75) is 19.0 Å². The molecule has 2 aromatic rings. The average Bonchev–Trinajstić information content (AvgIpc) is 2.63. The number of rotatable bonds is 8. The van der Waals surface area contributed by atoms with Crippen LogP contribution in [-0.2, 0) is 21.2 Å². The number of hydrogen-bond donors (Lipinski definition) is 2. The summed E-state index contributed by atoms with van der Waals surface area (Å²) < 4.78 is 22.9. The van der Waals surface area contributed by atoms with Gasteiger partial charge in [0.2, 0.25) is 5.91 Å². The van der Waals surface area contributed by atoms with E-state index < -0.39 is 27.7 Å². The molecule has 2 amide bonds. The Morgan fingerprint density at radius 3 is 2.12 bits per heavy atom. The quantitative estimate of drug-likeness (QED) is 0.733. The van der Waals surface area contributed by atoms with Gasteiger partial charge in [0.1, 0.15) is 15.9 Å². The summed E-state index contributed by atoms with van der Waals surface area (Å²) in [6.07, 6.45) is 1.11. The third kappa shape index (κ3) is 6.68. The van der Waals surface area contributed by atoms with Gasteiger partial charge in [-0.1, -0.05) is 48.5 Å². The van der Waals surface area contributed by atoms with Crippen molar-refractivity contribution in [3.63, 3.8) is 0 Å². The van der Waals surface area contributed by atoms with Gasteiger partial charge in [-0.3, -0.25) is 9.59 Å². The Balaban J connectivity index is 2.04. The van der Waals surface area contributed by atoms with Gasteiger partial charge >= 0.3 is 0 Å². The summed E-state index contributed by atoms with van der Waals surface area (Å²) in [6.45, 7) is 0.302. The van der Waals surface area contributed by atoms with E-state index in [9.17, 15) is 18.0 Å². The molecule has 0 bridgehead atoms. The number of hydrogen-bond acceptors (Lipinski definition) is 4. The highest BCUT2D eigenvalue weighted by Gasteiger charge is 2.22. The molecule has 1 atom stereocenters. The van der Waals surface area contributed by atoms with Crippen LogP contribution in [0.15, 0.2) is 60.7 Å². The van der Waals surface area contributed by atoms with E-state index in [0.29, 0.717) is 12.1 Å². The highest BCUT2D eigenvalue weighted by molar-refractivity contribution is 7.90. The van der Waals surface area contributed by atoms with Crippen LogP contribution in [-0.4, -0.2) is 38.3 Å². The molecule has 0 aromatic heterocycles. The van der Waals surface area contributed by atoms with Gasteiger partial charge in [0.15, 0.2) is 0 Å². The number of carbonyl (C=O) groups excluding carboxylic acids is 2. The number of sulfone groups is 1. The molecule has 2 aromatic carbocycles. The van der Waals surface area contributed by atoms with Crippen molar-refractivity contribution < 1.29 is 18.0 Å². The van der Waals surface area contributed by atoms with E-state index in [2.05, 4.69) is 10.6 Å². The van der Waals surface area contributed by atoms with E-state index in [4.69, 9.17) is 0 Å². The summed E-state index contributed by atoms with van der Waals surface area (Å²) in [6, 6.07) is 16.9. The Morgan fingerprint density at radius 2 is 1.54 bits per heavy atom. The fraction of sp³-hybridized carbons (Fsp3) is 0.263. The lowest BCUT2D eigenvalue weighted by Crippen LogP contribution is -2.47. The summed E-state index contributed by atoms with van der Waals surface area (Å²) >= 11 is 0. The largest absolute Gasteiger partial charge is 0.350 e.